The fourth-order valence-electron chi connectivity index (χ4n) is 3.86. The summed E-state index contributed by atoms with van der Waals surface area (Å²) in [6, 6.07) is 0. The minimum absolute atomic E-state index is 0.0402. The van der Waals surface area contributed by atoms with Crippen LogP contribution in [0.25, 0.3) is 0 Å². The molecule has 13 nitrogen and oxygen atoms in total. The number of hydrogen-bond donors (Lipinski definition) is 8. The van der Waals surface area contributed by atoms with Gasteiger partial charge in [0, 0.05) is 6.42 Å². The van der Waals surface area contributed by atoms with Gasteiger partial charge in [0.15, 0.2) is 18.9 Å². The van der Waals surface area contributed by atoms with Crippen LogP contribution in [0.15, 0.2) is 0 Å². The van der Waals surface area contributed by atoms with Crippen LogP contribution < -0.4 is 0 Å². The third-order valence-electron chi connectivity index (χ3n) is 5.90. The van der Waals surface area contributed by atoms with Crippen molar-refractivity contribution in [3.05, 3.63) is 0 Å². The van der Waals surface area contributed by atoms with E-state index < -0.39 is 92.6 Å². The van der Waals surface area contributed by atoms with E-state index in [0.29, 0.717) is 0 Å². The first-order chi connectivity index (χ1) is 14.5. The van der Waals surface area contributed by atoms with Crippen molar-refractivity contribution < 1.29 is 64.5 Å². The van der Waals surface area contributed by atoms with Crippen LogP contribution in [0.5, 0.6) is 0 Å². The maximum absolute atomic E-state index is 10.6. The average Bonchev–Trinajstić information content (AvgIpc) is 2.72. The Morgan fingerprint density at radius 1 is 0.677 bits per heavy atom. The molecule has 3 aliphatic rings. The van der Waals surface area contributed by atoms with Crippen molar-refractivity contribution in [1.82, 2.24) is 0 Å². The van der Waals surface area contributed by atoms with E-state index in [1.165, 1.54) is 6.92 Å². The summed E-state index contributed by atoms with van der Waals surface area (Å²) in [5.74, 6) is 0. The molecule has 0 spiro atoms. The van der Waals surface area contributed by atoms with Crippen molar-refractivity contribution in [2.45, 2.75) is 106 Å². The van der Waals surface area contributed by atoms with E-state index in [9.17, 15) is 40.9 Å². The highest BCUT2D eigenvalue weighted by Crippen LogP contribution is 2.32. The van der Waals surface area contributed by atoms with Gasteiger partial charge in [-0.1, -0.05) is 0 Å². The molecule has 0 unspecified atom stereocenters. The number of ether oxygens (including phenoxy) is 5. The highest BCUT2D eigenvalue weighted by Gasteiger charge is 2.51. The molecule has 0 aromatic carbocycles. The molecule has 3 rings (SSSR count). The summed E-state index contributed by atoms with van der Waals surface area (Å²) >= 11 is 0. The minimum atomic E-state index is -1.76. The Labute approximate surface area is 178 Å². The van der Waals surface area contributed by atoms with Crippen molar-refractivity contribution in [2.24, 2.45) is 0 Å². The molecule has 3 saturated heterocycles. The Balaban J connectivity index is 1.77. The molecule has 0 aromatic heterocycles. The SMILES string of the molecule is C[C@@H]1O[C@@H](O)[C@H](O[C@H]2O[C@H](CO)[C@H](O)[C@H](O)[C@H]2O)[C@H](O[C@H]2O[C@H](C)[C@H](O)C[C@H]2O)[C@H]1O. The predicted molar refractivity (Wildman–Crippen MR) is 97.0 cm³/mol. The largest absolute Gasteiger partial charge is 0.394 e. The molecule has 3 fully saturated rings. The van der Waals surface area contributed by atoms with Crippen molar-refractivity contribution >= 4 is 0 Å². The fourth-order valence-corrected chi connectivity index (χ4v) is 3.86. The van der Waals surface area contributed by atoms with Gasteiger partial charge in [0.05, 0.1) is 24.9 Å². The van der Waals surface area contributed by atoms with E-state index in [0.717, 1.165) is 0 Å². The fraction of sp³-hybridized carbons (Fsp3) is 1.00. The van der Waals surface area contributed by atoms with E-state index in [2.05, 4.69) is 0 Å². The van der Waals surface area contributed by atoms with Crippen LogP contribution in [0.3, 0.4) is 0 Å². The number of aliphatic hydroxyl groups is 8. The van der Waals surface area contributed by atoms with E-state index in [-0.39, 0.29) is 6.42 Å². The van der Waals surface area contributed by atoms with Gasteiger partial charge in [-0.05, 0) is 13.8 Å². The van der Waals surface area contributed by atoms with Gasteiger partial charge in [-0.3, -0.25) is 0 Å². The zero-order chi connectivity index (χ0) is 23.0. The second-order valence-electron chi connectivity index (χ2n) is 8.20. The number of aliphatic hydroxyl groups excluding tert-OH is 8. The normalized spacial score (nSPS) is 54.0. The second-order valence-corrected chi connectivity index (χ2v) is 8.20. The first kappa shape index (κ1) is 25.1. The van der Waals surface area contributed by atoms with Gasteiger partial charge in [-0.2, -0.15) is 0 Å². The summed E-state index contributed by atoms with van der Waals surface area (Å²) < 4.78 is 27.2. The number of hydrogen-bond acceptors (Lipinski definition) is 13. The Morgan fingerprint density at radius 2 is 1.32 bits per heavy atom. The van der Waals surface area contributed by atoms with Gasteiger partial charge in [0.2, 0.25) is 0 Å². The van der Waals surface area contributed by atoms with Crippen molar-refractivity contribution in [1.29, 1.82) is 0 Å². The van der Waals surface area contributed by atoms with E-state index in [1.807, 2.05) is 0 Å². The molecule has 14 atom stereocenters. The zero-order valence-corrected chi connectivity index (χ0v) is 17.1. The maximum atomic E-state index is 10.6. The summed E-state index contributed by atoms with van der Waals surface area (Å²) in [6.07, 6.45) is -18.8. The zero-order valence-electron chi connectivity index (χ0n) is 17.1. The van der Waals surface area contributed by atoms with Crippen LogP contribution in [0.2, 0.25) is 0 Å². The lowest BCUT2D eigenvalue weighted by molar-refractivity contribution is -0.380. The molecule has 0 radical (unpaired) electrons. The third-order valence-corrected chi connectivity index (χ3v) is 5.90. The standard InChI is InChI=1S/C18H32O13/c1-5-7(20)3-8(21)17(28-5)30-14-10(22)6(2)27-16(26)15(14)31-18-13(25)12(24)11(23)9(4-19)29-18/h5-26H,3-4H2,1-2H3/t5-,6+,7-,8-,9-,10+,11+,12+,13-,14-,15-,16-,17-,18-/m1/s1. The van der Waals surface area contributed by atoms with Crippen LogP contribution in [0, 0.1) is 0 Å². The van der Waals surface area contributed by atoms with Crippen molar-refractivity contribution in [3.8, 4) is 0 Å². The summed E-state index contributed by atoms with van der Waals surface area (Å²) in [5, 5.41) is 80.4. The van der Waals surface area contributed by atoms with Crippen molar-refractivity contribution in [3.63, 3.8) is 0 Å². The molecule has 8 N–H and O–H groups in total. The Morgan fingerprint density at radius 3 is 1.97 bits per heavy atom. The van der Waals surface area contributed by atoms with Gasteiger partial charge >= 0.3 is 0 Å². The van der Waals surface area contributed by atoms with E-state index >= 15 is 0 Å². The maximum Gasteiger partial charge on any atom is 0.187 e. The van der Waals surface area contributed by atoms with Gasteiger partial charge in [-0.15, -0.1) is 0 Å². The first-order valence-corrected chi connectivity index (χ1v) is 10.2. The lowest BCUT2D eigenvalue weighted by atomic mass is 9.97. The van der Waals surface area contributed by atoms with Crippen LogP contribution >= 0.6 is 0 Å². The lowest BCUT2D eigenvalue weighted by Crippen LogP contribution is -2.65. The van der Waals surface area contributed by atoms with E-state index in [4.69, 9.17) is 23.7 Å². The Kier molecular flexibility index (Phi) is 8.24. The summed E-state index contributed by atoms with van der Waals surface area (Å²) in [6.45, 7) is 2.36. The van der Waals surface area contributed by atoms with Crippen molar-refractivity contribution in [2.75, 3.05) is 6.61 Å². The Hall–Kier alpha value is -0.520. The van der Waals surface area contributed by atoms with Crippen LogP contribution in [-0.4, -0.2) is 133 Å². The highest BCUT2D eigenvalue weighted by atomic mass is 16.8. The van der Waals surface area contributed by atoms with Crippen LogP contribution in [0.1, 0.15) is 20.3 Å². The molecule has 31 heavy (non-hydrogen) atoms. The van der Waals surface area contributed by atoms with Crippen LogP contribution in [0.4, 0.5) is 0 Å². The molecular weight excluding hydrogens is 424 g/mol. The minimum Gasteiger partial charge on any atom is -0.394 e. The summed E-state index contributed by atoms with van der Waals surface area (Å²) in [5.41, 5.74) is 0. The molecule has 3 heterocycles. The quantitative estimate of drug-likeness (QED) is 0.196. The predicted octanol–water partition coefficient (Wildman–Crippen LogP) is -4.49. The Bertz CT molecular complexity index is 579. The van der Waals surface area contributed by atoms with Gasteiger partial charge in [0.1, 0.15) is 48.8 Å². The van der Waals surface area contributed by atoms with E-state index in [1.54, 1.807) is 6.92 Å². The number of rotatable bonds is 5. The lowest BCUT2D eigenvalue weighted by Gasteiger charge is -2.47. The molecule has 0 aliphatic carbocycles. The first-order valence-electron chi connectivity index (χ1n) is 10.2. The molecule has 0 saturated carbocycles. The van der Waals surface area contributed by atoms with Gasteiger partial charge in [0.25, 0.3) is 0 Å². The summed E-state index contributed by atoms with van der Waals surface area (Å²) in [4.78, 5) is 0. The second kappa shape index (κ2) is 10.2. The molecule has 13 heteroatoms. The molecular formula is C18H32O13. The molecule has 0 amide bonds. The highest BCUT2D eigenvalue weighted by molar-refractivity contribution is 4.94. The monoisotopic (exact) mass is 456 g/mol. The summed E-state index contributed by atoms with van der Waals surface area (Å²) in [7, 11) is 0. The molecule has 182 valence electrons. The van der Waals surface area contributed by atoms with Gasteiger partial charge in [-0.25, -0.2) is 0 Å². The third kappa shape index (κ3) is 5.19. The average molecular weight is 456 g/mol. The topological polar surface area (TPSA) is 208 Å². The molecule has 0 bridgehead atoms. The molecule has 0 aromatic rings. The smallest absolute Gasteiger partial charge is 0.187 e. The molecule has 3 aliphatic heterocycles. The van der Waals surface area contributed by atoms with Gasteiger partial charge < -0.3 is 64.5 Å². The van der Waals surface area contributed by atoms with Crippen LogP contribution in [-0.2, 0) is 23.7 Å².